The van der Waals surface area contributed by atoms with E-state index in [1.54, 1.807) is 0 Å². The Labute approximate surface area is 141 Å². The van der Waals surface area contributed by atoms with E-state index in [-0.39, 0.29) is 22.1 Å². The zero-order chi connectivity index (χ0) is 14.1. The van der Waals surface area contributed by atoms with Crippen LogP contribution in [0.1, 0.15) is 6.42 Å². The quantitative estimate of drug-likeness (QED) is 0.532. The molecule has 3 rings (SSSR count). The Kier molecular flexibility index (Phi) is 3.78. The predicted molar refractivity (Wildman–Crippen MR) is 79.0 cm³/mol. The van der Waals surface area contributed by atoms with Gasteiger partial charge >= 0.3 is 0 Å². The molecule has 1 saturated heterocycles. The van der Waals surface area contributed by atoms with Gasteiger partial charge in [0.15, 0.2) is 4.33 Å². The SMILES string of the molecule is ClC1=C(Cl)C2(Cl)C(COCC3CO3)CC1(Cl)C2(Cl)Cl. The van der Waals surface area contributed by atoms with Crippen LogP contribution in [0.5, 0.6) is 0 Å². The van der Waals surface area contributed by atoms with E-state index in [9.17, 15) is 0 Å². The molecule has 1 saturated carbocycles. The second-order valence-electron chi connectivity index (χ2n) is 5.11. The number of fused-ring (bicyclic) bond motifs is 2. The molecule has 4 unspecified atom stereocenters. The summed E-state index contributed by atoms with van der Waals surface area (Å²) in [5.41, 5.74) is 0. The molecular formula is C11H10Cl6O2. The molecule has 0 spiro atoms. The lowest BCUT2D eigenvalue weighted by Crippen LogP contribution is -2.45. The van der Waals surface area contributed by atoms with E-state index in [2.05, 4.69) is 0 Å². The number of ether oxygens (including phenoxy) is 2. The number of allylic oxidation sites excluding steroid dienone is 2. The molecule has 3 aliphatic rings. The van der Waals surface area contributed by atoms with Crippen molar-refractivity contribution >= 4 is 69.6 Å². The van der Waals surface area contributed by atoms with Gasteiger partial charge in [-0.15, -0.1) is 23.2 Å². The number of hydrogen-bond donors (Lipinski definition) is 0. The van der Waals surface area contributed by atoms with Crippen LogP contribution in [0.2, 0.25) is 0 Å². The highest BCUT2D eigenvalue weighted by atomic mass is 35.5. The second kappa shape index (κ2) is 4.70. The summed E-state index contributed by atoms with van der Waals surface area (Å²) in [5, 5.41) is 0.455. The molecule has 0 radical (unpaired) electrons. The first-order valence-corrected chi connectivity index (χ1v) is 8.03. The summed E-state index contributed by atoms with van der Waals surface area (Å²) < 4.78 is 9.18. The van der Waals surface area contributed by atoms with Gasteiger partial charge in [-0.05, 0) is 6.42 Å². The molecule has 1 aliphatic heterocycles. The van der Waals surface area contributed by atoms with Crippen molar-refractivity contribution in [3.8, 4) is 0 Å². The smallest absolute Gasteiger partial charge is 0.166 e. The van der Waals surface area contributed by atoms with E-state index in [1.165, 1.54) is 0 Å². The van der Waals surface area contributed by atoms with Crippen LogP contribution in [0.4, 0.5) is 0 Å². The van der Waals surface area contributed by atoms with Crippen LogP contribution in [0.3, 0.4) is 0 Å². The molecule has 1 heterocycles. The van der Waals surface area contributed by atoms with Gasteiger partial charge in [-0.3, -0.25) is 0 Å². The van der Waals surface area contributed by atoms with Crippen molar-refractivity contribution in [3.05, 3.63) is 10.1 Å². The van der Waals surface area contributed by atoms with Crippen LogP contribution in [-0.4, -0.2) is 40.0 Å². The summed E-state index contributed by atoms with van der Waals surface area (Å²) in [6, 6.07) is 0. The zero-order valence-electron chi connectivity index (χ0n) is 9.57. The highest BCUT2D eigenvalue weighted by Gasteiger charge is 2.78. The lowest BCUT2D eigenvalue weighted by atomic mass is 9.93. The maximum absolute atomic E-state index is 6.59. The zero-order valence-corrected chi connectivity index (χ0v) is 14.1. The number of rotatable bonds is 4. The largest absolute Gasteiger partial charge is 0.378 e. The summed E-state index contributed by atoms with van der Waals surface area (Å²) in [4.78, 5) is -2.36. The number of halogens is 6. The third kappa shape index (κ3) is 1.91. The van der Waals surface area contributed by atoms with E-state index in [0.29, 0.717) is 19.6 Å². The summed E-state index contributed by atoms with van der Waals surface area (Å²) in [6.07, 6.45) is 0.604. The maximum Gasteiger partial charge on any atom is 0.166 e. The Balaban J connectivity index is 1.81. The number of hydrogen-bond acceptors (Lipinski definition) is 2. The van der Waals surface area contributed by atoms with E-state index in [0.717, 1.165) is 6.61 Å². The van der Waals surface area contributed by atoms with Gasteiger partial charge in [0.1, 0.15) is 15.9 Å². The van der Waals surface area contributed by atoms with E-state index in [1.807, 2.05) is 0 Å². The van der Waals surface area contributed by atoms with Crippen molar-refractivity contribution in [3.63, 3.8) is 0 Å². The van der Waals surface area contributed by atoms with Crippen LogP contribution in [-0.2, 0) is 9.47 Å². The third-order valence-electron chi connectivity index (χ3n) is 3.93. The van der Waals surface area contributed by atoms with Crippen molar-refractivity contribution in [1.29, 1.82) is 0 Å². The molecule has 19 heavy (non-hydrogen) atoms. The molecule has 4 atom stereocenters. The molecule has 0 aromatic rings. The first-order chi connectivity index (χ1) is 8.75. The molecule has 2 bridgehead atoms. The van der Waals surface area contributed by atoms with Crippen molar-refractivity contribution < 1.29 is 9.47 Å². The van der Waals surface area contributed by atoms with E-state index in [4.69, 9.17) is 79.1 Å². The molecule has 2 fully saturated rings. The minimum absolute atomic E-state index is 0.182. The summed E-state index contributed by atoms with van der Waals surface area (Å²) >= 11 is 38.1. The predicted octanol–water partition coefficient (Wildman–Crippen LogP) is 4.25. The molecule has 108 valence electrons. The molecule has 0 N–H and O–H groups in total. The van der Waals surface area contributed by atoms with Crippen LogP contribution in [0, 0.1) is 5.92 Å². The van der Waals surface area contributed by atoms with Crippen molar-refractivity contribution in [2.45, 2.75) is 26.6 Å². The Hall–Kier alpha value is 1.40. The van der Waals surface area contributed by atoms with Gasteiger partial charge in [-0.2, -0.15) is 0 Å². The van der Waals surface area contributed by atoms with Crippen LogP contribution < -0.4 is 0 Å². The van der Waals surface area contributed by atoms with Crippen LogP contribution >= 0.6 is 69.6 Å². The highest BCUT2D eigenvalue weighted by Crippen LogP contribution is 2.74. The fourth-order valence-electron chi connectivity index (χ4n) is 2.71. The van der Waals surface area contributed by atoms with Gasteiger partial charge in [-0.1, -0.05) is 46.4 Å². The Morgan fingerprint density at radius 2 is 1.74 bits per heavy atom. The van der Waals surface area contributed by atoms with E-state index >= 15 is 0 Å². The summed E-state index contributed by atoms with van der Waals surface area (Å²) in [5.74, 6) is -0.199. The van der Waals surface area contributed by atoms with Gasteiger partial charge in [0, 0.05) is 5.92 Å². The minimum Gasteiger partial charge on any atom is -0.378 e. The first kappa shape index (κ1) is 15.3. The maximum atomic E-state index is 6.59. The number of epoxide rings is 1. The first-order valence-electron chi connectivity index (χ1n) is 5.76. The summed E-state index contributed by atoms with van der Waals surface area (Å²) in [6.45, 7) is 1.61. The summed E-state index contributed by atoms with van der Waals surface area (Å²) in [7, 11) is 0. The van der Waals surface area contributed by atoms with Crippen molar-refractivity contribution in [2.24, 2.45) is 5.92 Å². The van der Waals surface area contributed by atoms with Gasteiger partial charge in [0.05, 0.1) is 29.9 Å². The van der Waals surface area contributed by atoms with Gasteiger partial charge in [0.25, 0.3) is 0 Å². The number of alkyl halides is 4. The Morgan fingerprint density at radius 3 is 2.21 bits per heavy atom. The Morgan fingerprint density at radius 1 is 1.11 bits per heavy atom. The molecule has 2 nitrogen and oxygen atoms in total. The molecule has 0 aromatic heterocycles. The topological polar surface area (TPSA) is 21.8 Å². The fourth-order valence-corrected chi connectivity index (χ4v) is 5.54. The second-order valence-corrected chi connectivity index (χ2v) is 8.43. The van der Waals surface area contributed by atoms with Gasteiger partial charge in [-0.25, -0.2) is 0 Å². The third-order valence-corrected chi connectivity index (χ3v) is 8.26. The van der Waals surface area contributed by atoms with Crippen molar-refractivity contribution in [2.75, 3.05) is 19.8 Å². The van der Waals surface area contributed by atoms with Gasteiger partial charge in [0.2, 0.25) is 0 Å². The molecule has 0 aromatic carbocycles. The van der Waals surface area contributed by atoms with Crippen molar-refractivity contribution in [1.82, 2.24) is 0 Å². The van der Waals surface area contributed by atoms with Crippen LogP contribution in [0.25, 0.3) is 0 Å². The standard InChI is InChI=1S/C11H10Cl6O2/c12-7-8(13)10(15)5(2-18-3-6-4-19-6)1-9(7,14)11(10,16)17/h5-6H,1-4H2. The molecule has 8 heteroatoms. The molecule has 2 aliphatic carbocycles. The average Bonchev–Trinajstić information content (AvgIpc) is 3.12. The lowest BCUT2D eigenvalue weighted by Gasteiger charge is -2.33. The van der Waals surface area contributed by atoms with E-state index < -0.39 is 14.1 Å². The fraction of sp³-hybridized carbons (Fsp3) is 0.818. The highest BCUT2D eigenvalue weighted by molar-refractivity contribution is 6.65. The average molecular weight is 387 g/mol. The monoisotopic (exact) mass is 384 g/mol. The lowest BCUT2D eigenvalue weighted by molar-refractivity contribution is 0.0811. The molecular weight excluding hydrogens is 377 g/mol. The van der Waals surface area contributed by atoms with Gasteiger partial charge < -0.3 is 9.47 Å². The minimum atomic E-state index is -1.46. The Bertz CT molecular complexity index is 448. The molecule has 0 amide bonds. The normalized spacial score (nSPS) is 47.1. The van der Waals surface area contributed by atoms with Crippen LogP contribution in [0.15, 0.2) is 10.1 Å².